The lowest BCUT2D eigenvalue weighted by Gasteiger charge is -2.33. The third-order valence-electron chi connectivity index (χ3n) is 3.85. The number of nitrogens with zero attached hydrogens (tertiary/aromatic N) is 1. The van der Waals surface area contributed by atoms with Crippen LogP contribution in [0.2, 0.25) is 0 Å². The minimum absolute atomic E-state index is 0.177. The maximum absolute atomic E-state index is 13.7. The Kier molecular flexibility index (Phi) is 4.57. The summed E-state index contributed by atoms with van der Waals surface area (Å²) in [5.74, 6) is -1.73. The normalized spacial score (nSPS) is 16.6. The number of hydrogen-bond acceptors (Lipinski definition) is 4. The van der Waals surface area contributed by atoms with E-state index in [4.69, 9.17) is 4.74 Å². The lowest BCUT2D eigenvalue weighted by molar-refractivity contribution is -0.117. The number of amides is 1. The Morgan fingerprint density at radius 3 is 2.62 bits per heavy atom. The second-order valence-corrected chi connectivity index (χ2v) is 7.60. The number of carbonyl (C=O) groups is 1. The predicted octanol–water partition coefficient (Wildman–Crippen LogP) is 2.90. The second kappa shape index (κ2) is 6.56. The summed E-state index contributed by atoms with van der Waals surface area (Å²) in [4.78, 5) is 13.1. The van der Waals surface area contributed by atoms with Crippen molar-refractivity contribution < 1.29 is 26.7 Å². The first-order valence-electron chi connectivity index (χ1n) is 7.74. The van der Waals surface area contributed by atoms with Gasteiger partial charge in [-0.1, -0.05) is 0 Å². The van der Waals surface area contributed by atoms with Crippen LogP contribution in [0.5, 0.6) is 5.75 Å². The van der Waals surface area contributed by atoms with Crippen LogP contribution in [0, 0.1) is 11.6 Å². The van der Waals surface area contributed by atoms with Gasteiger partial charge in [0.1, 0.15) is 23.5 Å². The zero-order valence-corrected chi connectivity index (χ0v) is 14.8. The molecule has 1 aliphatic rings. The van der Waals surface area contributed by atoms with E-state index in [9.17, 15) is 22.0 Å². The van der Waals surface area contributed by atoms with Gasteiger partial charge in [-0.25, -0.2) is 17.2 Å². The molecular weight excluding hydrogens is 366 g/mol. The Labute approximate surface area is 149 Å². The van der Waals surface area contributed by atoms with Crippen LogP contribution < -0.4 is 14.4 Å². The highest BCUT2D eigenvalue weighted by molar-refractivity contribution is 7.92. The minimum Gasteiger partial charge on any atom is -0.487 e. The molecule has 1 aliphatic heterocycles. The van der Waals surface area contributed by atoms with E-state index in [0.29, 0.717) is 17.5 Å². The fourth-order valence-electron chi connectivity index (χ4n) is 2.66. The van der Waals surface area contributed by atoms with E-state index in [2.05, 4.69) is 4.72 Å². The molecule has 26 heavy (non-hydrogen) atoms. The van der Waals surface area contributed by atoms with Crippen molar-refractivity contribution in [2.45, 2.75) is 24.8 Å². The van der Waals surface area contributed by atoms with Gasteiger partial charge in [0.2, 0.25) is 5.91 Å². The van der Waals surface area contributed by atoms with Crippen LogP contribution in [0.25, 0.3) is 0 Å². The Bertz CT molecular complexity index is 979. The SMILES string of the molecule is CC(=O)N1CC(C)Oc2ccc(S(=O)(=O)Nc3ccc(F)cc3F)cc21. The first-order valence-corrected chi connectivity index (χ1v) is 9.22. The molecule has 0 radical (unpaired) electrons. The van der Waals surface area contributed by atoms with Crippen molar-refractivity contribution in [1.29, 1.82) is 0 Å². The zero-order chi connectivity index (χ0) is 19.1. The van der Waals surface area contributed by atoms with Crippen molar-refractivity contribution in [1.82, 2.24) is 0 Å². The number of carbonyl (C=O) groups excluding carboxylic acids is 1. The number of anilines is 2. The highest BCUT2D eigenvalue weighted by Crippen LogP contribution is 2.36. The number of nitrogens with one attached hydrogen (secondary N) is 1. The van der Waals surface area contributed by atoms with Crippen LogP contribution in [0.3, 0.4) is 0 Å². The number of halogens is 2. The van der Waals surface area contributed by atoms with Gasteiger partial charge < -0.3 is 9.64 Å². The van der Waals surface area contributed by atoms with Gasteiger partial charge in [-0.15, -0.1) is 0 Å². The molecule has 1 heterocycles. The average Bonchev–Trinajstić information content (AvgIpc) is 2.56. The van der Waals surface area contributed by atoms with Crippen LogP contribution in [0.15, 0.2) is 41.3 Å². The fraction of sp³-hybridized carbons (Fsp3) is 0.235. The summed E-state index contributed by atoms with van der Waals surface area (Å²) in [6.45, 7) is 3.45. The third-order valence-corrected chi connectivity index (χ3v) is 5.22. The molecule has 0 saturated carbocycles. The quantitative estimate of drug-likeness (QED) is 0.886. The predicted molar refractivity (Wildman–Crippen MR) is 91.7 cm³/mol. The first-order chi connectivity index (χ1) is 12.2. The molecule has 0 aromatic heterocycles. The summed E-state index contributed by atoms with van der Waals surface area (Å²) < 4.78 is 59.5. The van der Waals surface area contributed by atoms with Gasteiger partial charge in [0.05, 0.1) is 22.8 Å². The molecule has 6 nitrogen and oxygen atoms in total. The lowest BCUT2D eigenvalue weighted by Crippen LogP contribution is -2.41. The standard InChI is InChI=1S/C17H16F2N2O4S/c1-10-9-21(11(2)22)16-8-13(4-6-17(16)25-10)26(23,24)20-15-5-3-12(18)7-14(15)19/h3-8,10,20H,9H2,1-2H3. The van der Waals surface area contributed by atoms with Crippen LogP contribution >= 0.6 is 0 Å². The summed E-state index contributed by atoms with van der Waals surface area (Å²) >= 11 is 0. The van der Waals surface area contributed by atoms with Crippen molar-refractivity contribution in [2.75, 3.05) is 16.2 Å². The smallest absolute Gasteiger partial charge is 0.262 e. The van der Waals surface area contributed by atoms with Crippen molar-refractivity contribution in [3.05, 3.63) is 48.0 Å². The van der Waals surface area contributed by atoms with E-state index >= 15 is 0 Å². The Balaban J connectivity index is 1.98. The highest BCUT2D eigenvalue weighted by Gasteiger charge is 2.28. The van der Waals surface area contributed by atoms with E-state index in [-0.39, 0.29) is 29.1 Å². The first kappa shape index (κ1) is 18.1. The van der Waals surface area contributed by atoms with Gasteiger partial charge in [0, 0.05) is 13.0 Å². The molecule has 0 aliphatic carbocycles. The second-order valence-electron chi connectivity index (χ2n) is 5.92. The van der Waals surface area contributed by atoms with Crippen molar-refractivity contribution in [3.8, 4) is 5.75 Å². The van der Waals surface area contributed by atoms with Crippen LogP contribution in [-0.2, 0) is 14.8 Å². The zero-order valence-electron chi connectivity index (χ0n) is 14.0. The topological polar surface area (TPSA) is 75.7 Å². The summed E-state index contributed by atoms with van der Waals surface area (Å²) in [6.07, 6.45) is -0.236. The van der Waals surface area contributed by atoms with Gasteiger partial charge in [0.15, 0.2) is 0 Å². The van der Waals surface area contributed by atoms with Crippen molar-refractivity contribution in [2.24, 2.45) is 0 Å². The van der Waals surface area contributed by atoms with Crippen LogP contribution in [0.4, 0.5) is 20.2 Å². The Hall–Kier alpha value is -2.68. The molecule has 138 valence electrons. The van der Waals surface area contributed by atoms with Crippen LogP contribution in [0.1, 0.15) is 13.8 Å². The fourth-order valence-corrected chi connectivity index (χ4v) is 3.75. The van der Waals surface area contributed by atoms with Crippen LogP contribution in [-0.4, -0.2) is 27.0 Å². The molecular formula is C17H16F2N2O4S. The average molecular weight is 382 g/mol. The molecule has 1 unspecified atom stereocenters. The summed E-state index contributed by atoms with van der Waals surface area (Å²) in [5.41, 5.74) is -0.0597. The lowest BCUT2D eigenvalue weighted by atomic mass is 10.2. The molecule has 3 rings (SSSR count). The monoisotopic (exact) mass is 382 g/mol. The molecule has 0 bridgehead atoms. The highest BCUT2D eigenvalue weighted by atomic mass is 32.2. The maximum Gasteiger partial charge on any atom is 0.262 e. The van der Waals surface area contributed by atoms with Crippen molar-refractivity contribution in [3.63, 3.8) is 0 Å². The van der Waals surface area contributed by atoms with Crippen molar-refractivity contribution >= 4 is 27.3 Å². The molecule has 2 aromatic rings. The molecule has 0 spiro atoms. The Morgan fingerprint density at radius 2 is 1.96 bits per heavy atom. The van der Waals surface area contributed by atoms with E-state index in [1.165, 1.54) is 30.0 Å². The number of benzene rings is 2. The Morgan fingerprint density at radius 1 is 1.23 bits per heavy atom. The molecule has 9 heteroatoms. The van der Waals surface area contributed by atoms with Gasteiger partial charge >= 0.3 is 0 Å². The van der Waals surface area contributed by atoms with Gasteiger partial charge in [-0.3, -0.25) is 9.52 Å². The van der Waals surface area contributed by atoms with E-state index in [1.54, 1.807) is 6.92 Å². The van der Waals surface area contributed by atoms with E-state index < -0.39 is 21.7 Å². The molecule has 0 saturated heterocycles. The molecule has 1 N–H and O–H groups in total. The summed E-state index contributed by atoms with van der Waals surface area (Å²) in [7, 11) is -4.15. The molecule has 2 aromatic carbocycles. The number of hydrogen-bond donors (Lipinski definition) is 1. The number of fused-ring (bicyclic) bond motifs is 1. The van der Waals surface area contributed by atoms with Gasteiger partial charge in [0.25, 0.3) is 10.0 Å². The summed E-state index contributed by atoms with van der Waals surface area (Å²) in [6, 6.07) is 6.53. The third kappa shape index (κ3) is 3.48. The van der Waals surface area contributed by atoms with E-state index in [0.717, 1.165) is 12.1 Å². The maximum atomic E-state index is 13.7. The summed E-state index contributed by atoms with van der Waals surface area (Å²) in [5, 5.41) is 0. The van der Waals surface area contributed by atoms with Gasteiger partial charge in [-0.2, -0.15) is 0 Å². The molecule has 1 amide bonds. The van der Waals surface area contributed by atoms with E-state index in [1.807, 2.05) is 0 Å². The molecule has 1 atom stereocenters. The van der Waals surface area contributed by atoms with Gasteiger partial charge in [-0.05, 0) is 37.3 Å². The molecule has 0 fully saturated rings. The number of sulfonamides is 1. The number of ether oxygens (including phenoxy) is 1. The number of rotatable bonds is 3. The minimum atomic E-state index is -4.15. The largest absolute Gasteiger partial charge is 0.487 e.